The van der Waals surface area contributed by atoms with Crippen molar-refractivity contribution in [1.29, 1.82) is 0 Å². The maximum atomic E-state index is 13.2. The highest BCUT2D eigenvalue weighted by Crippen LogP contribution is 2.40. The number of carbonyl (C=O) groups is 1. The Kier molecular flexibility index (Phi) is 5.87. The van der Waals surface area contributed by atoms with Gasteiger partial charge in [0.2, 0.25) is 15.9 Å². The van der Waals surface area contributed by atoms with Crippen molar-refractivity contribution in [3.63, 3.8) is 0 Å². The number of benzene rings is 2. The van der Waals surface area contributed by atoms with Gasteiger partial charge in [-0.25, -0.2) is 8.42 Å². The second kappa shape index (κ2) is 7.95. The summed E-state index contributed by atoms with van der Waals surface area (Å²) in [6.07, 6.45) is 1.71. The van der Waals surface area contributed by atoms with Crippen LogP contribution in [0.25, 0.3) is 0 Å². The topological polar surface area (TPSA) is 75.7 Å². The molecule has 0 aliphatic carbocycles. The largest absolute Gasteiger partial charge is 0.487 e. The summed E-state index contributed by atoms with van der Waals surface area (Å²) in [5.41, 5.74) is 2.93. The van der Waals surface area contributed by atoms with Gasteiger partial charge in [-0.1, -0.05) is 29.8 Å². The molecule has 0 saturated carbocycles. The van der Waals surface area contributed by atoms with Crippen molar-refractivity contribution in [3.8, 4) is 5.75 Å². The molecule has 1 aliphatic rings. The van der Waals surface area contributed by atoms with Crippen LogP contribution in [0.3, 0.4) is 0 Å². The number of rotatable bonds is 5. The molecule has 1 amide bonds. The molecule has 30 heavy (non-hydrogen) atoms. The second-order valence-corrected chi connectivity index (χ2v) is 10.6. The first-order valence-electron chi connectivity index (χ1n) is 10.0. The summed E-state index contributed by atoms with van der Waals surface area (Å²) in [6.45, 7) is 9.45. The quantitative estimate of drug-likeness (QED) is 0.781. The summed E-state index contributed by atoms with van der Waals surface area (Å²) >= 11 is 0. The molecule has 0 aromatic heterocycles. The normalized spacial score (nSPS) is 18.7. The standard InChI is InChI=1S/C23H30N2O4S/c1-15-8-7-9-18(12-15)25(30(6,27)28)17(3)22(26)24-20-14-23(4,5)29-21-11-10-16(2)13-19(20)21/h7-13,17,20H,14H2,1-6H3,(H,24,26)/t17-,20-/m0/s1. The van der Waals surface area contributed by atoms with E-state index in [9.17, 15) is 13.2 Å². The van der Waals surface area contributed by atoms with Gasteiger partial charge in [-0.3, -0.25) is 9.10 Å². The monoisotopic (exact) mass is 430 g/mol. The molecule has 0 unspecified atom stereocenters. The van der Waals surface area contributed by atoms with Crippen LogP contribution in [0.15, 0.2) is 42.5 Å². The van der Waals surface area contributed by atoms with Crippen molar-refractivity contribution in [2.45, 2.75) is 58.7 Å². The van der Waals surface area contributed by atoms with E-state index in [0.29, 0.717) is 12.1 Å². The van der Waals surface area contributed by atoms with Crippen molar-refractivity contribution in [3.05, 3.63) is 59.2 Å². The first kappa shape index (κ1) is 22.2. The summed E-state index contributed by atoms with van der Waals surface area (Å²) < 4.78 is 32.4. The maximum Gasteiger partial charge on any atom is 0.244 e. The lowest BCUT2D eigenvalue weighted by Gasteiger charge is -2.39. The highest BCUT2D eigenvalue weighted by atomic mass is 32.2. The van der Waals surface area contributed by atoms with Crippen LogP contribution in [0.4, 0.5) is 5.69 Å². The van der Waals surface area contributed by atoms with Gasteiger partial charge in [-0.05, 0) is 58.4 Å². The van der Waals surface area contributed by atoms with E-state index in [0.717, 1.165) is 28.7 Å². The van der Waals surface area contributed by atoms with Gasteiger partial charge in [0.15, 0.2) is 0 Å². The third kappa shape index (κ3) is 4.78. The van der Waals surface area contributed by atoms with Crippen molar-refractivity contribution in [2.24, 2.45) is 0 Å². The van der Waals surface area contributed by atoms with E-state index in [4.69, 9.17) is 4.74 Å². The number of ether oxygens (including phenoxy) is 1. The number of hydrogen-bond acceptors (Lipinski definition) is 4. The average molecular weight is 431 g/mol. The SMILES string of the molecule is Cc1cccc(N([C@@H](C)C(=O)N[C@H]2CC(C)(C)Oc3ccc(C)cc32)S(C)(=O)=O)c1. The minimum absolute atomic E-state index is 0.266. The number of hydrogen-bond donors (Lipinski definition) is 1. The summed E-state index contributed by atoms with van der Waals surface area (Å²) in [5, 5.41) is 3.07. The molecule has 2 aromatic rings. The molecule has 0 radical (unpaired) electrons. The predicted octanol–water partition coefficient (Wildman–Crippen LogP) is 3.88. The zero-order valence-corrected chi connectivity index (χ0v) is 19.2. The van der Waals surface area contributed by atoms with Crippen LogP contribution in [-0.2, 0) is 14.8 Å². The molecule has 0 bridgehead atoms. The number of aryl methyl sites for hydroxylation is 2. The van der Waals surface area contributed by atoms with Gasteiger partial charge in [0.25, 0.3) is 0 Å². The van der Waals surface area contributed by atoms with Crippen LogP contribution in [-0.4, -0.2) is 32.2 Å². The minimum atomic E-state index is -3.66. The van der Waals surface area contributed by atoms with E-state index in [1.807, 2.05) is 52.0 Å². The number of amides is 1. The fraction of sp³-hybridized carbons (Fsp3) is 0.435. The molecule has 1 heterocycles. The molecule has 0 fully saturated rings. The lowest BCUT2D eigenvalue weighted by Crippen LogP contribution is -2.50. The Balaban J connectivity index is 1.91. The van der Waals surface area contributed by atoms with Crippen molar-refractivity contribution < 1.29 is 17.9 Å². The summed E-state index contributed by atoms with van der Waals surface area (Å²) in [6, 6.07) is 11.9. The Hall–Kier alpha value is -2.54. The molecule has 7 heteroatoms. The number of sulfonamides is 1. The zero-order chi connectivity index (χ0) is 22.3. The third-order valence-electron chi connectivity index (χ3n) is 5.28. The number of carbonyl (C=O) groups excluding carboxylic acids is 1. The Bertz CT molecular complexity index is 1060. The van der Waals surface area contributed by atoms with Gasteiger partial charge in [-0.15, -0.1) is 0 Å². The molecule has 1 N–H and O–H groups in total. The van der Waals surface area contributed by atoms with Crippen LogP contribution in [0.1, 0.15) is 49.9 Å². The van der Waals surface area contributed by atoms with E-state index in [2.05, 4.69) is 5.32 Å². The van der Waals surface area contributed by atoms with Crippen molar-refractivity contribution in [2.75, 3.05) is 10.6 Å². The Morgan fingerprint density at radius 2 is 1.83 bits per heavy atom. The van der Waals surface area contributed by atoms with Crippen LogP contribution in [0.2, 0.25) is 0 Å². The van der Waals surface area contributed by atoms with Crippen LogP contribution in [0.5, 0.6) is 5.75 Å². The fourth-order valence-electron chi connectivity index (χ4n) is 3.97. The van der Waals surface area contributed by atoms with Gasteiger partial charge < -0.3 is 10.1 Å². The predicted molar refractivity (Wildman–Crippen MR) is 119 cm³/mol. The summed E-state index contributed by atoms with van der Waals surface area (Å²) in [5.74, 6) is 0.394. The molecule has 6 nitrogen and oxygen atoms in total. The van der Waals surface area contributed by atoms with E-state index in [-0.39, 0.29) is 11.9 Å². The molecule has 1 aliphatic heterocycles. The van der Waals surface area contributed by atoms with E-state index >= 15 is 0 Å². The second-order valence-electron chi connectivity index (χ2n) is 8.74. The number of anilines is 1. The van der Waals surface area contributed by atoms with Gasteiger partial charge in [0.1, 0.15) is 17.4 Å². The summed E-state index contributed by atoms with van der Waals surface area (Å²) in [4.78, 5) is 13.2. The average Bonchev–Trinajstić information content (AvgIpc) is 2.60. The Morgan fingerprint density at radius 3 is 2.47 bits per heavy atom. The number of nitrogens with zero attached hydrogens (tertiary/aromatic N) is 1. The van der Waals surface area contributed by atoms with Crippen LogP contribution >= 0.6 is 0 Å². The fourth-order valence-corrected chi connectivity index (χ4v) is 5.14. The molecule has 2 aromatic carbocycles. The van der Waals surface area contributed by atoms with Gasteiger partial charge in [0.05, 0.1) is 18.0 Å². The van der Waals surface area contributed by atoms with Gasteiger partial charge in [-0.2, -0.15) is 0 Å². The molecular weight excluding hydrogens is 400 g/mol. The summed E-state index contributed by atoms with van der Waals surface area (Å²) in [7, 11) is -3.66. The minimum Gasteiger partial charge on any atom is -0.487 e. The van der Waals surface area contributed by atoms with E-state index < -0.39 is 21.7 Å². The van der Waals surface area contributed by atoms with Gasteiger partial charge >= 0.3 is 0 Å². The van der Waals surface area contributed by atoms with Crippen molar-refractivity contribution in [1.82, 2.24) is 5.32 Å². The highest BCUT2D eigenvalue weighted by Gasteiger charge is 2.37. The maximum absolute atomic E-state index is 13.2. The first-order valence-corrected chi connectivity index (χ1v) is 11.9. The van der Waals surface area contributed by atoms with Gasteiger partial charge in [0, 0.05) is 12.0 Å². The molecule has 162 valence electrons. The number of fused-ring (bicyclic) bond motifs is 1. The molecule has 0 spiro atoms. The lowest BCUT2D eigenvalue weighted by atomic mass is 9.89. The molecular formula is C23H30N2O4S. The Morgan fingerprint density at radius 1 is 1.17 bits per heavy atom. The Labute approximate surface area is 179 Å². The molecule has 2 atom stereocenters. The molecule has 3 rings (SSSR count). The smallest absolute Gasteiger partial charge is 0.244 e. The molecule has 0 saturated heterocycles. The first-order chi connectivity index (χ1) is 13.9. The lowest BCUT2D eigenvalue weighted by molar-refractivity contribution is -0.123. The van der Waals surface area contributed by atoms with Crippen LogP contribution < -0.4 is 14.4 Å². The number of nitrogens with one attached hydrogen (secondary N) is 1. The zero-order valence-electron chi connectivity index (χ0n) is 18.4. The van der Waals surface area contributed by atoms with Crippen LogP contribution in [0, 0.1) is 13.8 Å². The highest BCUT2D eigenvalue weighted by molar-refractivity contribution is 7.92. The van der Waals surface area contributed by atoms with Crippen molar-refractivity contribution >= 4 is 21.6 Å². The van der Waals surface area contributed by atoms with E-state index in [1.165, 1.54) is 4.31 Å². The third-order valence-corrected chi connectivity index (χ3v) is 6.53. The van der Waals surface area contributed by atoms with E-state index in [1.54, 1.807) is 25.1 Å².